The average molecular weight is 308 g/mol. The van der Waals surface area contributed by atoms with E-state index in [2.05, 4.69) is 43.9 Å². The zero-order valence-corrected chi connectivity index (χ0v) is 12.2. The molecule has 96 valence electrons. The monoisotopic (exact) mass is 307 g/mol. The van der Waals surface area contributed by atoms with Crippen LogP contribution in [-0.4, -0.2) is 28.9 Å². The van der Waals surface area contributed by atoms with E-state index >= 15 is 0 Å². The predicted molar refractivity (Wildman–Crippen MR) is 80.5 cm³/mol. The third-order valence-electron chi connectivity index (χ3n) is 3.01. The zero-order valence-electron chi connectivity index (χ0n) is 10.6. The number of hydrogen-bond donors (Lipinski definition) is 0. The van der Waals surface area contributed by atoms with Crippen molar-refractivity contribution in [1.82, 2.24) is 9.97 Å². The minimum atomic E-state index is 1.01. The molecule has 0 N–H and O–H groups in total. The Hall–Kier alpha value is -1.16. The van der Waals surface area contributed by atoms with E-state index in [0.29, 0.717) is 0 Å². The third kappa shape index (κ3) is 3.19. The minimum Gasteiger partial charge on any atom is -0.359 e. The van der Waals surface area contributed by atoms with Gasteiger partial charge in [0.2, 0.25) is 0 Å². The van der Waals surface area contributed by atoms with E-state index in [1.165, 1.54) is 19.3 Å². The van der Waals surface area contributed by atoms with Crippen molar-refractivity contribution in [2.45, 2.75) is 19.3 Å². The molecule has 0 radical (unpaired) electrons. The molecule has 1 aromatic heterocycles. The number of fused-ring (bicyclic) bond motifs is 1. The molecule has 0 spiro atoms. The van der Waals surface area contributed by atoms with E-state index in [4.69, 9.17) is 0 Å². The van der Waals surface area contributed by atoms with E-state index in [1.807, 2.05) is 18.2 Å². The number of rotatable bonds is 6. The second-order valence-electron chi connectivity index (χ2n) is 4.39. The largest absolute Gasteiger partial charge is 0.359 e. The van der Waals surface area contributed by atoms with Gasteiger partial charge in [-0.2, -0.15) is 0 Å². The molecule has 0 saturated carbocycles. The maximum absolute atomic E-state index is 4.41. The van der Waals surface area contributed by atoms with Gasteiger partial charge in [0.25, 0.3) is 0 Å². The number of halogens is 1. The first-order chi connectivity index (χ1) is 8.83. The van der Waals surface area contributed by atoms with Crippen molar-refractivity contribution < 1.29 is 0 Å². The normalized spacial score (nSPS) is 10.8. The van der Waals surface area contributed by atoms with Crippen LogP contribution < -0.4 is 4.90 Å². The molecule has 0 amide bonds. The maximum Gasteiger partial charge on any atom is 0.139 e. The molecule has 0 atom stereocenters. The number of unbranched alkanes of at least 4 members (excludes halogenated alkanes) is 2. The lowest BCUT2D eigenvalue weighted by atomic mass is 10.2. The average Bonchev–Trinajstić information content (AvgIpc) is 2.43. The van der Waals surface area contributed by atoms with Crippen molar-refractivity contribution in [2.75, 3.05) is 23.8 Å². The summed E-state index contributed by atoms with van der Waals surface area (Å²) in [7, 11) is 2.10. The zero-order chi connectivity index (χ0) is 12.8. The molecule has 18 heavy (non-hydrogen) atoms. The van der Waals surface area contributed by atoms with Gasteiger partial charge < -0.3 is 4.90 Å². The number of aromatic nitrogens is 2. The molecule has 0 aliphatic carbocycles. The highest BCUT2D eigenvalue weighted by Gasteiger charge is 2.07. The van der Waals surface area contributed by atoms with Gasteiger partial charge in [-0.25, -0.2) is 9.97 Å². The first kappa shape index (κ1) is 13.3. The van der Waals surface area contributed by atoms with Gasteiger partial charge >= 0.3 is 0 Å². The number of benzene rings is 1. The topological polar surface area (TPSA) is 29.0 Å². The Labute approximate surface area is 116 Å². The summed E-state index contributed by atoms with van der Waals surface area (Å²) in [5.41, 5.74) is 1.01. The van der Waals surface area contributed by atoms with Crippen LogP contribution in [0.2, 0.25) is 0 Å². The van der Waals surface area contributed by atoms with Crippen LogP contribution in [0.3, 0.4) is 0 Å². The molecule has 0 bridgehead atoms. The second-order valence-corrected chi connectivity index (χ2v) is 5.18. The molecule has 2 rings (SSSR count). The predicted octanol–water partition coefficient (Wildman–Crippen LogP) is 3.63. The highest BCUT2D eigenvalue weighted by molar-refractivity contribution is 9.09. The van der Waals surface area contributed by atoms with Crippen LogP contribution in [-0.2, 0) is 0 Å². The van der Waals surface area contributed by atoms with E-state index in [-0.39, 0.29) is 0 Å². The van der Waals surface area contributed by atoms with E-state index in [9.17, 15) is 0 Å². The van der Waals surface area contributed by atoms with Crippen molar-refractivity contribution in [2.24, 2.45) is 0 Å². The Morgan fingerprint density at radius 1 is 1.11 bits per heavy atom. The summed E-state index contributed by atoms with van der Waals surface area (Å²) < 4.78 is 0. The van der Waals surface area contributed by atoms with Gasteiger partial charge in [-0.05, 0) is 25.0 Å². The molecule has 4 heteroatoms. The summed E-state index contributed by atoms with van der Waals surface area (Å²) in [6.07, 6.45) is 5.32. The van der Waals surface area contributed by atoms with Crippen molar-refractivity contribution in [3.8, 4) is 0 Å². The Balaban J connectivity index is 2.10. The van der Waals surface area contributed by atoms with Crippen LogP contribution in [0, 0.1) is 0 Å². The molecule has 0 aliphatic rings. The van der Waals surface area contributed by atoms with Gasteiger partial charge in [0.15, 0.2) is 0 Å². The van der Waals surface area contributed by atoms with Crippen molar-refractivity contribution in [1.29, 1.82) is 0 Å². The van der Waals surface area contributed by atoms with Crippen molar-refractivity contribution in [3.05, 3.63) is 30.6 Å². The smallest absolute Gasteiger partial charge is 0.139 e. The first-order valence-corrected chi connectivity index (χ1v) is 7.42. The van der Waals surface area contributed by atoms with Gasteiger partial charge in [0, 0.05) is 24.3 Å². The van der Waals surface area contributed by atoms with Crippen LogP contribution in [0.4, 0.5) is 5.82 Å². The summed E-state index contributed by atoms with van der Waals surface area (Å²) in [4.78, 5) is 10.9. The molecule has 3 nitrogen and oxygen atoms in total. The molecule has 0 aliphatic heterocycles. The van der Waals surface area contributed by atoms with Crippen LogP contribution in [0.25, 0.3) is 10.9 Å². The lowest BCUT2D eigenvalue weighted by Gasteiger charge is -2.19. The molecule has 0 saturated heterocycles. The Kier molecular flexibility index (Phi) is 4.93. The molecule has 1 aromatic carbocycles. The third-order valence-corrected chi connectivity index (χ3v) is 3.57. The quantitative estimate of drug-likeness (QED) is 0.603. The van der Waals surface area contributed by atoms with Gasteiger partial charge in [-0.15, -0.1) is 0 Å². The fraction of sp³-hybridized carbons (Fsp3) is 0.429. The maximum atomic E-state index is 4.41. The minimum absolute atomic E-state index is 1.01. The summed E-state index contributed by atoms with van der Waals surface area (Å²) >= 11 is 3.46. The number of nitrogens with zero attached hydrogens (tertiary/aromatic N) is 3. The highest BCUT2D eigenvalue weighted by atomic mass is 79.9. The molecule has 2 aromatic rings. The summed E-state index contributed by atoms with van der Waals surface area (Å²) in [6, 6.07) is 8.15. The molecule has 0 unspecified atom stereocenters. The molecule has 0 fully saturated rings. The standard InChI is InChI=1S/C14H18BrN3/c1-18(10-6-2-5-9-15)14-12-7-3-4-8-13(12)16-11-17-14/h3-4,7-8,11H,2,5-6,9-10H2,1H3. The number of anilines is 1. The SMILES string of the molecule is CN(CCCCCBr)c1ncnc2ccccc12. The van der Waals surface area contributed by atoms with Crippen LogP contribution in [0.15, 0.2) is 30.6 Å². The first-order valence-electron chi connectivity index (χ1n) is 6.30. The van der Waals surface area contributed by atoms with E-state index in [0.717, 1.165) is 28.6 Å². The number of alkyl halides is 1. The van der Waals surface area contributed by atoms with Crippen LogP contribution in [0.5, 0.6) is 0 Å². The van der Waals surface area contributed by atoms with Crippen molar-refractivity contribution >= 4 is 32.7 Å². The van der Waals surface area contributed by atoms with E-state index in [1.54, 1.807) is 6.33 Å². The molecular formula is C14H18BrN3. The number of hydrogen-bond acceptors (Lipinski definition) is 3. The Bertz CT molecular complexity index is 496. The van der Waals surface area contributed by atoms with Crippen molar-refractivity contribution in [3.63, 3.8) is 0 Å². The second kappa shape index (κ2) is 6.69. The summed E-state index contributed by atoms with van der Waals surface area (Å²) in [5.74, 6) is 1.03. The Morgan fingerprint density at radius 2 is 1.94 bits per heavy atom. The lowest BCUT2D eigenvalue weighted by molar-refractivity contribution is 0.708. The fourth-order valence-corrected chi connectivity index (χ4v) is 2.42. The molecule has 1 heterocycles. The highest BCUT2D eigenvalue weighted by Crippen LogP contribution is 2.21. The number of para-hydroxylation sites is 1. The van der Waals surface area contributed by atoms with Crippen LogP contribution >= 0.6 is 15.9 Å². The van der Waals surface area contributed by atoms with Gasteiger partial charge in [-0.3, -0.25) is 0 Å². The lowest BCUT2D eigenvalue weighted by Crippen LogP contribution is -2.20. The molecular weight excluding hydrogens is 290 g/mol. The van der Waals surface area contributed by atoms with Gasteiger partial charge in [0.05, 0.1) is 5.52 Å². The van der Waals surface area contributed by atoms with E-state index < -0.39 is 0 Å². The van der Waals surface area contributed by atoms with Crippen LogP contribution in [0.1, 0.15) is 19.3 Å². The fourth-order valence-electron chi connectivity index (χ4n) is 2.02. The summed E-state index contributed by atoms with van der Waals surface area (Å²) in [5, 5.41) is 2.22. The van der Waals surface area contributed by atoms with Gasteiger partial charge in [0.1, 0.15) is 12.1 Å². The summed E-state index contributed by atoms with van der Waals surface area (Å²) in [6.45, 7) is 1.04. The Morgan fingerprint density at radius 3 is 2.78 bits per heavy atom. The van der Waals surface area contributed by atoms with Gasteiger partial charge in [-0.1, -0.05) is 34.5 Å².